The van der Waals surface area contributed by atoms with Crippen LogP contribution in [-0.4, -0.2) is 38.5 Å². The van der Waals surface area contributed by atoms with Crippen molar-refractivity contribution in [3.8, 4) is 22.8 Å². The highest BCUT2D eigenvalue weighted by Crippen LogP contribution is 2.32. The molecule has 4 rings (SSSR count). The van der Waals surface area contributed by atoms with Gasteiger partial charge in [0.15, 0.2) is 16.7 Å². The lowest BCUT2D eigenvalue weighted by Crippen LogP contribution is -2.24. The molecule has 1 heterocycles. The molecule has 0 saturated carbocycles. The molecule has 0 aliphatic heterocycles. The van der Waals surface area contributed by atoms with Gasteiger partial charge in [-0.3, -0.25) is 19.5 Å². The van der Waals surface area contributed by atoms with Gasteiger partial charge in [0.05, 0.1) is 22.8 Å². The largest absolute Gasteiger partial charge is 0.490 e. The fraction of sp³-hybridized carbons (Fsp3) is 0.125. The number of nitro groups is 1. The Kier molecular flexibility index (Phi) is 7.64. The first-order valence-electron chi connectivity index (χ1n) is 10.4. The highest BCUT2D eigenvalue weighted by Gasteiger charge is 2.19. The second-order valence-corrected chi connectivity index (χ2v) is 8.64. The maximum Gasteiger partial charge on any atom is 0.311 e. The number of hydrogen-bond acceptors (Lipinski definition) is 7. The van der Waals surface area contributed by atoms with E-state index < -0.39 is 4.92 Å². The Morgan fingerprint density at radius 2 is 1.86 bits per heavy atom. The van der Waals surface area contributed by atoms with Crippen LogP contribution in [0.4, 0.5) is 5.69 Å². The van der Waals surface area contributed by atoms with Crippen molar-refractivity contribution in [3.05, 3.63) is 93.5 Å². The van der Waals surface area contributed by atoms with Crippen LogP contribution in [-0.2, 0) is 11.3 Å². The van der Waals surface area contributed by atoms with Crippen LogP contribution in [0.2, 0.25) is 5.02 Å². The maximum absolute atomic E-state index is 12.5. The molecule has 0 atom stereocenters. The van der Waals surface area contributed by atoms with Crippen molar-refractivity contribution in [1.29, 1.82) is 0 Å². The zero-order valence-electron chi connectivity index (χ0n) is 18.6. The number of para-hydroxylation sites is 1. The van der Waals surface area contributed by atoms with Gasteiger partial charge >= 0.3 is 5.69 Å². The Labute approximate surface area is 210 Å². The number of thioether (sulfide) groups is 1. The summed E-state index contributed by atoms with van der Waals surface area (Å²) >= 11 is 7.63. The molecule has 35 heavy (non-hydrogen) atoms. The minimum atomic E-state index is -0.521. The molecule has 0 bridgehead atoms. The molecule has 1 N–H and O–H groups in total. The van der Waals surface area contributed by atoms with Gasteiger partial charge in [0.1, 0.15) is 0 Å². The summed E-state index contributed by atoms with van der Waals surface area (Å²) in [6.45, 7) is 0.139. The molecular weight excluding hydrogens is 490 g/mol. The number of amides is 1. The number of hydrogen-bond donors (Lipinski definition) is 1. The molecule has 0 unspecified atom stereocenters. The molecule has 1 amide bonds. The van der Waals surface area contributed by atoms with Crippen LogP contribution in [0.3, 0.4) is 0 Å². The summed E-state index contributed by atoms with van der Waals surface area (Å²) in [6, 6.07) is 21.5. The minimum Gasteiger partial charge on any atom is -0.490 e. The lowest BCUT2D eigenvalue weighted by Gasteiger charge is -2.11. The van der Waals surface area contributed by atoms with E-state index in [0.717, 1.165) is 11.3 Å². The van der Waals surface area contributed by atoms with Crippen molar-refractivity contribution < 1.29 is 14.5 Å². The van der Waals surface area contributed by atoms with Crippen LogP contribution in [0, 0.1) is 10.1 Å². The molecule has 1 aromatic heterocycles. The fourth-order valence-electron chi connectivity index (χ4n) is 3.36. The summed E-state index contributed by atoms with van der Waals surface area (Å²) in [6.07, 6.45) is 0. The summed E-state index contributed by atoms with van der Waals surface area (Å²) in [4.78, 5) is 23.2. The summed E-state index contributed by atoms with van der Waals surface area (Å²) in [7, 11) is 1.37. The van der Waals surface area contributed by atoms with E-state index in [2.05, 4.69) is 15.5 Å². The number of nitro benzene ring substituents is 1. The summed E-state index contributed by atoms with van der Waals surface area (Å²) in [5.74, 6) is 0.548. The van der Waals surface area contributed by atoms with Gasteiger partial charge in [-0.2, -0.15) is 0 Å². The van der Waals surface area contributed by atoms with E-state index in [4.69, 9.17) is 16.3 Å². The van der Waals surface area contributed by atoms with Gasteiger partial charge in [-0.05, 0) is 35.9 Å². The standard InChI is InChI=1S/C24H20ClN5O4S/c1-34-21-12-11-16(13-20(21)30(32)33)14-26-22(31)15-35-24-28-27-23(18-9-5-6-10-19(18)25)29(24)17-7-3-2-4-8-17/h2-13H,14-15H2,1H3,(H,26,31). The Balaban J connectivity index is 1.49. The van der Waals surface area contributed by atoms with Crippen molar-refractivity contribution in [3.63, 3.8) is 0 Å². The molecule has 4 aromatic rings. The molecule has 9 nitrogen and oxygen atoms in total. The first kappa shape index (κ1) is 24.2. The minimum absolute atomic E-state index is 0.0751. The number of halogens is 1. The maximum atomic E-state index is 12.5. The highest BCUT2D eigenvalue weighted by atomic mass is 35.5. The Bertz CT molecular complexity index is 1360. The predicted octanol–water partition coefficient (Wildman–Crippen LogP) is 4.91. The summed E-state index contributed by atoms with van der Waals surface area (Å²) in [5.41, 5.74) is 1.99. The van der Waals surface area contributed by atoms with Gasteiger partial charge in [-0.1, -0.05) is 59.8 Å². The number of carbonyl (C=O) groups is 1. The highest BCUT2D eigenvalue weighted by molar-refractivity contribution is 7.99. The number of rotatable bonds is 9. The Hall–Kier alpha value is -3.89. The van der Waals surface area contributed by atoms with Gasteiger partial charge in [-0.15, -0.1) is 10.2 Å². The van der Waals surface area contributed by atoms with E-state index >= 15 is 0 Å². The van der Waals surface area contributed by atoms with E-state index in [-0.39, 0.29) is 29.6 Å². The third-order valence-corrected chi connectivity index (χ3v) is 6.28. The average Bonchev–Trinajstić information content (AvgIpc) is 3.30. The van der Waals surface area contributed by atoms with Crippen LogP contribution in [0.1, 0.15) is 5.56 Å². The molecule has 0 saturated heterocycles. The first-order valence-corrected chi connectivity index (χ1v) is 11.8. The van der Waals surface area contributed by atoms with Crippen LogP contribution >= 0.6 is 23.4 Å². The zero-order valence-corrected chi connectivity index (χ0v) is 20.1. The van der Waals surface area contributed by atoms with Crippen molar-refractivity contribution in [2.24, 2.45) is 0 Å². The number of ether oxygens (including phenoxy) is 1. The van der Waals surface area contributed by atoms with E-state index in [1.54, 1.807) is 12.1 Å². The molecule has 0 aliphatic carbocycles. The van der Waals surface area contributed by atoms with Crippen LogP contribution in [0.25, 0.3) is 17.1 Å². The second-order valence-electron chi connectivity index (χ2n) is 7.29. The molecule has 178 valence electrons. The van der Waals surface area contributed by atoms with Crippen LogP contribution in [0.15, 0.2) is 78.0 Å². The fourth-order valence-corrected chi connectivity index (χ4v) is 4.36. The summed E-state index contributed by atoms with van der Waals surface area (Å²) in [5, 5.41) is 23.7. The molecule has 11 heteroatoms. The number of aromatic nitrogens is 3. The quantitative estimate of drug-likeness (QED) is 0.194. The molecular formula is C24H20ClN5O4S. The number of methoxy groups -OCH3 is 1. The molecule has 0 fully saturated rings. The number of nitrogens with one attached hydrogen (secondary N) is 1. The van der Waals surface area contributed by atoms with E-state index in [1.807, 2.05) is 53.1 Å². The average molecular weight is 510 g/mol. The smallest absolute Gasteiger partial charge is 0.311 e. The van der Waals surface area contributed by atoms with Gasteiger partial charge < -0.3 is 10.1 Å². The SMILES string of the molecule is COc1ccc(CNC(=O)CSc2nnc(-c3ccccc3Cl)n2-c2ccccc2)cc1[N+](=O)[O-]. The first-order chi connectivity index (χ1) is 17.0. The molecule has 0 aliphatic rings. The summed E-state index contributed by atoms with van der Waals surface area (Å²) < 4.78 is 6.86. The molecule has 0 radical (unpaired) electrons. The monoisotopic (exact) mass is 509 g/mol. The van der Waals surface area contributed by atoms with E-state index in [1.165, 1.54) is 31.0 Å². The van der Waals surface area contributed by atoms with Crippen LogP contribution in [0.5, 0.6) is 5.75 Å². The van der Waals surface area contributed by atoms with Gasteiger partial charge in [0.25, 0.3) is 0 Å². The lowest BCUT2D eigenvalue weighted by molar-refractivity contribution is -0.385. The lowest BCUT2D eigenvalue weighted by atomic mass is 10.2. The topological polar surface area (TPSA) is 112 Å². The molecule has 3 aromatic carbocycles. The van der Waals surface area contributed by atoms with Gasteiger partial charge in [0, 0.05) is 23.9 Å². The Morgan fingerprint density at radius 3 is 2.57 bits per heavy atom. The zero-order chi connectivity index (χ0) is 24.8. The van der Waals surface area contributed by atoms with E-state index in [0.29, 0.717) is 21.6 Å². The van der Waals surface area contributed by atoms with E-state index in [9.17, 15) is 14.9 Å². The third kappa shape index (κ3) is 5.61. The Morgan fingerprint density at radius 1 is 1.11 bits per heavy atom. The number of carbonyl (C=O) groups excluding carboxylic acids is 1. The van der Waals surface area contributed by atoms with Gasteiger partial charge in [-0.25, -0.2) is 0 Å². The van der Waals surface area contributed by atoms with Crippen LogP contribution < -0.4 is 10.1 Å². The second kappa shape index (κ2) is 11.0. The third-order valence-electron chi connectivity index (χ3n) is 5.02. The van der Waals surface area contributed by atoms with Crippen molar-refractivity contribution in [2.75, 3.05) is 12.9 Å². The van der Waals surface area contributed by atoms with Gasteiger partial charge in [0.2, 0.25) is 5.91 Å². The van der Waals surface area contributed by atoms with Crippen molar-refractivity contribution in [1.82, 2.24) is 20.1 Å². The molecule has 0 spiro atoms. The number of benzene rings is 3. The normalized spacial score (nSPS) is 10.7. The van der Waals surface area contributed by atoms with Crippen molar-refractivity contribution in [2.45, 2.75) is 11.7 Å². The predicted molar refractivity (Wildman–Crippen MR) is 134 cm³/mol. The number of nitrogens with zero attached hydrogens (tertiary/aromatic N) is 4. The van der Waals surface area contributed by atoms with Crippen molar-refractivity contribution >= 4 is 35.0 Å².